The summed E-state index contributed by atoms with van der Waals surface area (Å²) in [6.45, 7) is 0. The van der Waals surface area contributed by atoms with E-state index in [1.54, 1.807) is 18.2 Å². The number of anilines is 1. The van der Waals surface area contributed by atoms with Gasteiger partial charge in [-0.25, -0.2) is 19.3 Å². The van der Waals surface area contributed by atoms with Gasteiger partial charge >= 0.3 is 0 Å². The van der Waals surface area contributed by atoms with E-state index in [1.807, 2.05) is 6.08 Å². The number of nitrogens with one attached hydrogen (secondary N) is 1. The number of hydrogen-bond donors (Lipinski definition) is 2. The fourth-order valence-corrected chi connectivity index (χ4v) is 1.69. The average molecular weight is 255 g/mol. The van der Waals surface area contributed by atoms with Crippen LogP contribution in [0.5, 0.6) is 0 Å². The summed E-state index contributed by atoms with van der Waals surface area (Å²) in [7, 11) is 0. The van der Waals surface area contributed by atoms with E-state index in [-0.39, 0.29) is 5.82 Å². The summed E-state index contributed by atoms with van der Waals surface area (Å²) in [5.74, 6) is 0.717. The number of hydrogen-bond acceptors (Lipinski definition) is 4. The second-order valence-corrected chi connectivity index (χ2v) is 3.96. The number of rotatable bonds is 2. The van der Waals surface area contributed by atoms with Gasteiger partial charge in [0.25, 0.3) is 0 Å². The Morgan fingerprint density at radius 3 is 2.63 bits per heavy atom. The summed E-state index contributed by atoms with van der Waals surface area (Å²) in [5, 5.41) is 0. The molecule has 0 spiro atoms. The van der Waals surface area contributed by atoms with Gasteiger partial charge in [0, 0.05) is 0 Å². The van der Waals surface area contributed by atoms with Gasteiger partial charge in [0.2, 0.25) is 0 Å². The monoisotopic (exact) mass is 255 g/mol. The van der Waals surface area contributed by atoms with Gasteiger partial charge in [0.15, 0.2) is 11.5 Å². The molecule has 94 valence electrons. The Bertz CT molecular complexity index is 745. The lowest BCUT2D eigenvalue weighted by atomic mass is 10.2. The van der Waals surface area contributed by atoms with Gasteiger partial charge in [-0.2, -0.15) is 0 Å². The van der Waals surface area contributed by atoms with E-state index in [0.717, 1.165) is 5.56 Å². The maximum absolute atomic E-state index is 12.8. The van der Waals surface area contributed by atoms with Gasteiger partial charge in [-0.3, -0.25) is 0 Å². The minimum absolute atomic E-state index is 0.260. The Labute approximate surface area is 108 Å². The van der Waals surface area contributed by atoms with E-state index >= 15 is 0 Å². The van der Waals surface area contributed by atoms with Crippen LogP contribution < -0.4 is 5.73 Å². The summed E-state index contributed by atoms with van der Waals surface area (Å²) in [4.78, 5) is 15.2. The van der Waals surface area contributed by atoms with E-state index in [1.165, 1.54) is 18.5 Å². The zero-order chi connectivity index (χ0) is 13.2. The predicted molar refractivity (Wildman–Crippen MR) is 71.4 cm³/mol. The highest BCUT2D eigenvalue weighted by Gasteiger charge is 2.04. The van der Waals surface area contributed by atoms with E-state index in [4.69, 9.17) is 5.73 Å². The van der Waals surface area contributed by atoms with Crippen molar-refractivity contribution in [3.05, 3.63) is 47.8 Å². The SMILES string of the molecule is Nc1ncnc2nc(C=Cc3ccc(F)cc3)[nH]c12. The molecular weight excluding hydrogens is 245 g/mol. The Hall–Kier alpha value is -2.76. The first-order valence-electron chi connectivity index (χ1n) is 5.62. The van der Waals surface area contributed by atoms with Gasteiger partial charge in [0.1, 0.15) is 23.5 Å². The number of nitrogens with two attached hydrogens (primary N) is 1. The molecule has 0 aliphatic carbocycles. The number of imidazole rings is 1. The van der Waals surface area contributed by atoms with Crippen LogP contribution in [-0.4, -0.2) is 19.9 Å². The first kappa shape index (κ1) is 11.3. The number of benzene rings is 1. The Balaban J connectivity index is 1.93. The summed E-state index contributed by atoms with van der Waals surface area (Å²) in [5.41, 5.74) is 7.71. The lowest BCUT2D eigenvalue weighted by Gasteiger charge is -1.91. The Kier molecular flexibility index (Phi) is 2.68. The zero-order valence-electron chi connectivity index (χ0n) is 9.84. The number of aromatic nitrogens is 4. The lowest BCUT2D eigenvalue weighted by molar-refractivity contribution is 0.628. The molecule has 5 nitrogen and oxygen atoms in total. The molecule has 0 radical (unpaired) electrons. The number of nitrogen functional groups attached to an aromatic ring is 1. The highest BCUT2D eigenvalue weighted by molar-refractivity contribution is 5.83. The number of H-pyrrole nitrogens is 1. The molecule has 3 N–H and O–H groups in total. The second kappa shape index (κ2) is 4.49. The molecule has 19 heavy (non-hydrogen) atoms. The highest BCUT2D eigenvalue weighted by Crippen LogP contribution is 2.15. The minimum atomic E-state index is -0.260. The maximum Gasteiger partial charge on any atom is 0.183 e. The smallest absolute Gasteiger partial charge is 0.183 e. The number of aromatic amines is 1. The third kappa shape index (κ3) is 2.28. The summed E-state index contributed by atoms with van der Waals surface area (Å²) >= 11 is 0. The Morgan fingerprint density at radius 2 is 1.89 bits per heavy atom. The summed E-state index contributed by atoms with van der Waals surface area (Å²) in [6.07, 6.45) is 4.96. The van der Waals surface area contributed by atoms with Crippen LogP contribution in [0.15, 0.2) is 30.6 Å². The molecule has 2 aromatic heterocycles. The van der Waals surface area contributed by atoms with E-state index in [0.29, 0.717) is 22.8 Å². The topological polar surface area (TPSA) is 80.5 Å². The van der Waals surface area contributed by atoms with Crippen LogP contribution in [0.1, 0.15) is 11.4 Å². The third-order valence-electron chi connectivity index (χ3n) is 2.64. The molecule has 0 aliphatic heterocycles. The molecular formula is C13H10FN5. The standard InChI is InChI=1S/C13H10FN5/c14-9-4-1-8(2-5-9)3-6-10-18-11-12(15)16-7-17-13(11)19-10/h1-7H,(H3,15,16,17,18,19). The molecule has 3 rings (SSSR count). The molecule has 6 heteroatoms. The average Bonchev–Trinajstić information content (AvgIpc) is 2.83. The fraction of sp³-hybridized carbons (Fsp3) is 0. The van der Waals surface area contributed by atoms with Gasteiger partial charge < -0.3 is 10.7 Å². The van der Waals surface area contributed by atoms with Crippen LogP contribution in [0.2, 0.25) is 0 Å². The molecule has 0 unspecified atom stereocenters. The van der Waals surface area contributed by atoms with Crippen LogP contribution >= 0.6 is 0 Å². The number of nitrogens with zero attached hydrogens (tertiary/aromatic N) is 3. The van der Waals surface area contributed by atoms with Crippen molar-refractivity contribution in [2.45, 2.75) is 0 Å². The van der Waals surface area contributed by atoms with Crippen LogP contribution in [0.4, 0.5) is 10.2 Å². The first-order chi connectivity index (χ1) is 9.22. The molecule has 0 bridgehead atoms. The van der Waals surface area contributed by atoms with Crippen molar-refractivity contribution in [1.29, 1.82) is 0 Å². The van der Waals surface area contributed by atoms with Gasteiger partial charge in [-0.05, 0) is 23.8 Å². The van der Waals surface area contributed by atoms with Crippen LogP contribution in [0.25, 0.3) is 23.3 Å². The summed E-state index contributed by atoms with van der Waals surface area (Å²) < 4.78 is 12.8. The molecule has 1 aromatic carbocycles. The van der Waals surface area contributed by atoms with Gasteiger partial charge in [0.05, 0.1) is 0 Å². The van der Waals surface area contributed by atoms with Crippen molar-refractivity contribution in [2.24, 2.45) is 0 Å². The molecule has 0 saturated heterocycles. The van der Waals surface area contributed by atoms with Crippen LogP contribution in [0.3, 0.4) is 0 Å². The molecule has 0 atom stereocenters. The quantitative estimate of drug-likeness (QED) is 0.736. The molecule has 0 fully saturated rings. The molecule has 0 aliphatic rings. The third-order valence-corrected chi connectivity index (χ3v) is 2.64. The fourth-order valence-electron chi connectivity index (χ4n) is 1.69. The van der Waals surface area contributed by atoms with Crippen molar-refractivity contribution in [3.8, 4) is 0 Å². The van der Waals surface area contributed by atoms with Gasteiger partial charge in [-0.15, -0.1) is 0 Å². The van der Waals surface area contributed by atoms with E-state index in [2.05, 4.69) is 19.9 Å². The Morgan fingerprint density at radius 1 is 1.11 bits per heavy atom. The van der Waals surface area contributed by atoms with Crippen molar-refractivity contribution < 1.29 is 4.39 Å². The molecule has 0 saturated carbocycles. The lowest BCUT2D eigenvalue weighted by Crippen LogP contribution is -1.91. The maximum atomic E-state index is 12.8. The highest BCUT2D eigenvalue weighted by atomic mass is 19.1. The van der Waals surface area contributed by atoms with Gasteiger partial charge in [-0.1, -0.05) is 18.2 Å². The largest absolute Gasteiger partial charge is 0.382 e. The van der Waals surface area contributed by atoms with Crippen LogP contribution in [-0.2, 0) is 0 Å². The van der Waals surface area contributed by atoms with Crippen LogP contribution in [0, 0.1) is 5.82 Å². The van der Waals surface area contributed by atoms with E-state index in [9.17, 15) is 4.39 Å². The normalized spacial score (nSPS) is 11.4. The van der Waals surface area contributed by atoms with Crippen molar-refractivity contribution in [3.63, 3.8) is 0 Å². The molecule has 0 amide bonds. The van der Waals surface area contributed by atoms with Crippen molar-refractivity contribution in [1.82, 2.24) is 19.9 Å². The summed E-state index contributed by atoms with van der Waals surface area (Å²) in [6, 6.07) is 6.18. The molecule has 3 aromatic rings. The van der Waals surface area contributed by atoms with E-state index < -0.39 is 0 Å². The predicted octanol–water partition coefficient (Wildman–Crippen LogP) is 2.24. The first-order valence-corrected chi connectivity index (χ1v) is 5.62. The number of halogens is 1. The van der Waals surface area contributed by atoms with Crippen molar-refractivity contribution in [2.75, 3.05) is 5.73 Å². The second-order valence-electron chi connectivity index (χ2n) is 3.96. The zero-order valence-corrected chi connectivity index (χ0v) is 9.84. The van der Waals surface area contributed by atoms with Crippen molar-refractivity contribution >= 4 is 29.1 Å². The minimum Gasteiger partial charge on any atom is -0.382 e. The number of fused-ring (bicyclic) bond motifs is 1. The molecule has 2 heterocycles.